The Morgan fingerprint density at radius 1 is 1.24 bits per heavy atom. The SMILES string of the molecule is CNc1cc(C(C)(C)C)nc(-c2ncn[nH]2)n1. The van der Waals surface area contributed by atoms with Crippen LogP contribution in [0.1, 0.15) is 26.5 Å². The first-order valence-electron chi connectivity index (χ1n) is 5.44. The van der Waals surface area contributed by atoms with Gasteiger partial charge < -0.3 is 5.32 Å². The van der Waals surface area contributed by atoms with Crippen molar-refractivity contribution in [2.24, 2.45) is 0 Å². The highest BCUT2D eigenvalue weighted by Crippen LogP contribution is 2.24. The number of hydrogen-bond donors (Lipinski definition) is 2. The first kappa shape index (κ1) is 11.5. The van der Waals surface area contributed by atoms with Crippen LogP contribution in [0.4, 0.5) is 5.82 Å². The van der Waals surface area contributed by atoms with E-state index in [1.807, 2.05) is 13.1 Å². The summed E-state index contributed by atoms with van der Waals surface area (Å²) in [7, 11) is 1.83. The molecule has 0 unspecified atom stereocenters. The first-order valence-corrected chi connectivity index (χ1v) is 5.44. The molecule has 0 aliphatic carbocycles. The molecule has 0 fully saturated rings. The van der Waals surface area contributed by atoms with Crippen molar-refractivity contribution in [3.8, 4) is 11.6 Å². The van der Waals surface area contributed by atoms with Gasteiger partial charge in [0.05, 0.1) is 5.69 Å². The Morgan fingerprint density at radius 2 is 2.00 bits per heavy atom. The van der Waals surface area contributed by atoms with Crippen molar-refractivity contribution in [3.63, 3.8) is 0 Å². The molecule has 0 spiro atoms. The molecule has 0 saturated heterocycles. The molecule has 0 amide bonds. The van der Waals surface area contributed by atoms with Gasteiger partial charge in [-0.15, -0.1) is 0 Å². The molecule has 17 heavy (non-hydrogen) atoms. The topological polar surface area (TPSA) is 79.4 Å². The molecule has 0 aliphatic rings. The van der Waals surface area contributed by atoms with Crippen LogP contribution >= 0.6 is 0 Å². The summed E-state index contributed by atoms with van der Waals surface area (Å²) >= 11 is 0. The second-order valence-electron chi connectivity index (χ2n) is 4.80. The third-order valence-corrected chi connectivity index (χ3v) is 2.38. The predicted octanol–water partition coefficient (Wildman–Crippen LogP) is 1.60. The van der Waals surface area contributed by atoms with E-state index in [0.29, 0.717) is 11.6 Å². The molecule has 0 aromatic carbocycles. The highest BCUT2D eigenvalue weighted by atomic mass is 15.2. The number of anilines is 1. The summed E-state index contributed by atoms with van der Waals surface area (Å²) in [5.74, 6) is 1.91. The van der Waals surface area contributed by atoms with Gasteiger partial charge in [-0.2, -0.15) is 5.10 Å². The third kappa shape index (κ3) is 2.41. The zero-order valence-electron chi connectivity index (χ0n) is 10.4. The molecule has 2 aromatic rings. The molecule has 2 heterocycles. The van der Waals surface area contributed by atoms with E-state index in [1.54, 1.807) is 0 Å². The van der Waals surface area contributed by atoms with E-state index >= 15 is 0 Å². The van der Waals surface area contributed by atoms with Gasteiger partial charge in [-0.05, 0) is 0 Å². The van der Waals surface area contributed by atoms with E-state index in [1.165, 1.54) is 6.33 Å². The van der Waals surface area contributed by atoms with Crippen LogP contribution in [0.5, 0.6) is 0 Å². The minimum atomic E-state index is -0.0384. The summed E-state index contributed by atoms with van der Waals surface area (Å²) in [6.45, 7) is 6.33. The standard InChI is InChI=1S/C11H16N6/c1-11(2,3)7-5-8(12-4)16-10(15-7)9-13-6-14-17-9/h5-6H,1-4H3,(H,12,15,16)(H,13,14,17). The van der Waals surface area contributed by atoms with Crippen molar-refractivity contribution >= 4 is 5.82 Å². The second kappa shape index (κ2) is 4.12. The van der Waals surface area contributed by atoms with Crippen molar-refractivity contribution in [1.82, 2.24) is 25.1 Å². The van der Waals surface area contributed by atoms with Crippen molar-refractivity contribution in [2.45, 2.75) is 26.2 Å². The van der Waals surface area contributed by atoms with E-state index < -0.39 is 0 Å². The smallest absolute Gasteiger partial charge is 0.199 e. The summed E-state index contributed by atoms with van der Waals surface area (Å²) in [4.78, 5) is 12.9. The molecule has 0 saturated carbocycles. The quantitative estimate of drug-likeness (QED) is 0.822. The fourth-order valence-corrected chi connectivity index (χ4v) is 1.38. The average Bonchev–Trinajstić information content (AvgIpc) is 2.80. The number of nitrogens with one attached hydrogen (secondary N) is 2. The molecule has 90 valence electrons. The van der Waals surface area contributed by atoms with Gasteiger partial charge in [0.15, 0.2) is 11.6 Å². The lowest BCUT2D eigenvalue weighted by Crippen LogP contribution is -2.15. The van der Waals surface area contributed by atoms with Gasteiger partial charge in [-0.3, -0.25) is 5.10 Å². The Bertz CT molecular complexity index is 497. The van der Waals surface area contributed by atoms with Crippen LogP contribution in [0.25, 0.3) is 11.6 Å². The fraction of sp³-hybridized carbons (Fsp3) is 0.455. The maximum atomic E-state index is 4.51. The predicted molar refractivity (Wildman–Crippen MR) is 65.7 cm³/mol. The molecule has 2 aromatic heterocycles. The normalized spacial score (nSPS) is 11.5. The fourth-order valence-electron chi connectivity index (χ4n) is 1.38. The summed E-state index contributed by atoms with van der Waals surface area (Å²) < 4.78 is 0. The van der Waals surface area contributed by atoms with Crippen LogP contribution in [-0.2, 0) is 5.41 Å². The zero-order chi connectivity index (χ0) is 12.5. The molecule has 0 atom stereocenters. The third-order valence-electron chi connectivity index (χ3n) is 2.38. The maximum absolute atomic E-state index is 4.51. The minimum absolute atomic E-state index is 0.0384. The number of aromatic amines is 1. The van der Waals surface area contributed by atoms with E-state index in [-0.39, 0.29) is 5.41 Å². The van der Waals surface area contributed by atoms with Crippen molar-refractivity contribution in [2.75, 3.05) is 12.4 Å². The van der Waals surface area contributed by atoms with Crippen LogP contribution < -0.4 is 5.32 Å². The number of nitrogens with zero attached hydrogens (tertiary/aromatic N) is 4. The molecular formula is C11H16N6. The van der Waals surface area contributed by atoms with Crippen molar-refractivity contribution < 1.29 is 0 Å². The molecule has 2 N–H and O–H groups in total. The lowest BCUT2D eigenvalue weighted by atomic mass is 9.92. The van der Waals surface area contributed by atoms with Gasteiger partial charge >= 0.3 is 0 Å². The average molecular weight is 232 g/mol. The number of rotatable bonds is 2. The van der Waals surface area contributed by atoms with E-state index in [4.69, 9.17) is 0 Å². The Morgan fingerprint density at radius 3 is 2.53 bits per heavy atom. The van der Waals surface area contributed by atoms with Gasteiger partial charge in [0, 0.05) is 18.5 Å². The van der Waals surface area contributed by atoms with Crippen LogP contribution in [0.15, 0.2) is 12.4 Å². The number of H-pyrrole nitrogens is 1. The van der Waals surface area contributed by atoms with Gasteiger partial charge in [-0.25, -0.2) is 15.0 Å². The maximum Gasteiger partial charge on any atom is 0.199 e. The van der Waals surface area contributed by atoms with Crippen LogP contribution in [0.3, 0.4) is 0 Å². The van der Waals surface area contributed by atoms with Gasteiger partial charge in [-0.1, -0.05) is 20.8 Å². The molecule has 6 heteroatoms. The van der Waals surface area contributed by atoms with Gasteiger partial charge in [0.25, 0.3) is 0 Å². The first-order chi connectivity index (χ1) is 8.00. The van der Waals surface area contributed by atoms with Crippen molar-refractivity contribution in [3.05, 3.63) is 18.1 Å². The number of aromatic nitrogens is 5. The molecule has 0 aliphatic heterocycles. The lowest BCUT2D eigenvalue weighted by molar-refractivity contribution is 0.568. The van der Waals surface area contributed by atoms with Crippen LogP contribution in [-0.4, -0.2) is 32.2 Å². The molecular weight excluding hydrogens is 216 g/mol. The summed E-state index contributed by atoms with van der Waals surface area (Å²) in [5, 5.41) is 9.61. The van der Waals surface area contributed by atoms with E-state index in [2.05, 4.69) is 51.2 Å². The number of hydrogen-bond acceptors (Lipinski definition) is 5. The second-order valence-corrected chi connectivity index (χ2v) is 4.80. The molecule has 0 bridgehead atoms. The lowest BCUT2D eigenvalue weighted by Gasteiger charge is -2.18. The van der Waals surface area contributed by atoms with Gasteiger partial charge in [0.1, 0.15) is 12.1 Å². The Balaban J connectivity index is 2.54. The largest absolute Gasteiger partial charge is 0.373 e. The Kier molecular flexibility index (Phi) is 2.79. The molecule has 6 nitrogen and oxygen atoms in total. The molecule has 2 rings (SSSR count). The highest BCUT2D eigenvalue weighted by Gasteiger charge is 2.19. The summed E-state index contributed by atoms with van der Waals surface area (Å²) in [6.07, 6.45) is 1.45. The Labute approximate surface area is 99.9 Å². The van der Waals surface area contributed by atoms with E-state index in [0.717, 1.165) is 11.5 Å². The van der Waals surface area contributed by atoms with E-state index in [9.17, 15) is 0 Å². The van der Waals surface area contributed by atoms with Gasteiger partial charge in [0.2, 0.25) is 0 Å². The van der Waals surface area contributed by atoms with Crippen molar-refractivity contribution in [1.29, 1.82) is 0 Å². The zero-order valence-corrected chi connectivity index (χ0v) is 10.4. The van der Waals surface area contributed by atoms with Crippen LogP contribution in [0.2, 0.25) is 0 Å². The summed E-state index contributed by atoms with van der Waals surface area (Å²) in [5.41, 5.74) is 0.923. The minimum Gasteiger partial charge on any atom is -0.373 e. The van der Waals surface area contributed by atoms with Crippen LogP contribution in [0, 0.1) is 0 Å². The monoisotopic (exact) mass is 232 g/mol. The Hall–Kier alpha value is -1.98. The molecule has 0 radical (unpaired) electrons. The highest BCUT2D eigenvalue weighted by molar-refractivity contribution is 5.49. The summed E-state index contributed by atoms with van der Waals surface area (Å²) in [6, 6.07) is 1.94.